The third kappa shape index (κ3) is 1.32. The number of rotatable bonds is 1. The van der Waals surface area contributed by atoms with E-state index in [1.807, 2.05) is 6.92 Å². The van der Waals surface area contributed by atoms with Gasteiger partial charge in [-0.3, -0.25) is 15.1 Å². The van der Waals surface area contributed by atoms with Gasteiger partial charge in [0, 0.05) is 12.4 Å². The molecule has 0 aromatic carbocycles. The van der Waals surface area contributed by atoms with Crippen LogP contribution in [-0.2, 0) is 4.79 Å². The van der Waals surface area contributed by atoms with Crippen LogP contribution in [0.5, 0.6) is 0 Å². The summed E-state index contributed by atoms with van der Waals surface area (Å²) in [6.07, 6.45) is 3.26. The molecule has 0 saturated carbocycles. The highest BCUT2D eigenvalue weighted by Gasteiger charge is 2.31. The molecular formula is C9H9N3O2. The van der Waals surface area contributed by atoms with Gasteiger partial charge in [0.15, 0.2) is 0 Å². The predicted molar refractivity (Wildman–Crippen MR) is 48.4 cm³/mol. The molecule has 1 fully saturated rings. The summed E-state index contributed by atoms with van der Waals surface area (Å²) in [5.74, 6) is -0.315. The van der Waals surface area contributed by atoms with Crippen LogP contribution in [0.25, 0.3) is 0 Å². The van der Waals surface area contributed by atoms with Crippen molar-refractivity contribution in [2.45, 2.75) is 13.0 Å². The fourth-order valence-corrected chi connectivity index (χ4v) is 1.44. The van der Waals surface area contributed by atoms with Crippen LogP contribution >= 0.6 is 0 Å². The molecule has 1 saturated heterocycles. The molecular weight excluding hydrogens is 182 g/mol. The first-order valence-electron chi connectivity index (χ1n) is 4.20. The Morgan fingerprint density at radius 2 is 2.21 bits per heavy atom. The first-order valence-corrected chi connectivity index (χ1v) is 4.20. The third-order valence-electron chi connectivity index (χ3n) is 2.15. The second-order valence-electron chi connectivity index (χ2n) is 3.13. The number of amides is 3. The molecule has 1 aromatic rings. The molecule has 2 N–H and O–H groups in total. The summed E-state index contributed by atoms with van der Waals surface area (Å²) in [5.41, 5.74) is 1.67. The minimum atomic E-state index is -0.578. The first kappa shape index (κ1) is 8.68. The van der Waals surface area contributed by atoms with Crippen molar-refractivity contribution in [1.29, 1.82) is 0 Å². The van der Waals surface area contributed by atoms with Gasteiger partial charge in [-0.05, 0) is 24.1 Å². The number of nitrogens with one attached hydrogen (secondary N) is 2. The molecule has 1 atom stereocenters. The molecule has 1 aliphatic heterocycles. The van der Waals surface area contributed by atoms with Gasteiger partial charge in [-0.25, -0.2) is 4.79 Å². The van der Waals surface area contributed by atoms with Crippen molar-refractivity contribution in [2.75, 3.05) is 0 Å². The molecule has 0 bridgehead atoms. The number of imide groups is 1. The SMILES string of the molecule is Cc1cnccc1C1NC(=O)NC1=O. The van der Waals surface area contributed by atoms with Crippen LogP contribution in [0.4, 0.5) is 4.79 Å². The Morgan fingerprint density at radius 1 is 1.43 bits per heavy atom. The van der Waals surface area contributed by atoms with Gasteiger partial charge in [0.05, 0.1) is 0 Å². The normalized spacial score (nSPS) is 20.5. The lowest BCUT2D eigenvalue weighted by atomic mass is 10.0. The van der Waals surface area contributed by atoms with Gasteiger partial charge >= 0.3 is 6.03 Å². The Kier molecular flexibility index (Phi) is 1.92. The molecule has 2 heterocycles. The van der Waals surface area contributed by atoms with Crippen molar-refractivity contribution in [3.63, 3.8) is 0 Å². The number of hydrogen-bond donors (Lipinski definition) is 2. The fourth-order valence-electron chi connectivity index (χ4n) is 1.44. The number of aromatic nitrogens is 1. The summed E-state index contributed by atoms with van der Waals surface area (Å²) in [6, 6.07) is 0.701. The minimum absolute atomic E-state index is 0.315. The van der Waals surface area contributed by atoms with E-state index >= 15 is 0 Å². The molecule has 0 aliphatic carbocycles. The number of pyridine rings is 1. The van der Waals surface area contributed by atoms with Crippen LogP contribution in [0.3, 0.4) is 0 Å². The lowest BCUT2D eigenvalue weighted by Gasteiger charge is -2.09. The zero-order valence-electron chi connectivity index (χ0n) is 7.57. The molecule has 1 unspecified atom stereocenters. The first-order chi connectivity index (χ1) is 6.68. The van der Waals surface area contributed by atoms with E-state index in [-0.39, 0.29) is 5.91 Å². The van der Waals surface area contributed by atoms with Crippen molar-refractivity contribution < 1.29 is 9.59 Å². The highest BCUT2D eigenvalue weighted by Crippen LogP contribution is 2.18. The van der Waals surface area contributed by atoms with Crippen molar-refractivity contribution in [1.82, 2.24) is 15.6 Å². The van der Waals surface area contributed by atoms with Crippen LogP contribution in [0, 0.1) is 6.92 Å². The number of hydrogen-bond acceptors (Lipinski definition) is 3. The largest absolute Gasteiger partial charge is 0.322 e. The number of carbonyl (C=O) groups excluding carboxylic acids is 2. The summed E-state index contributed by atoms with van der Waals surface area (Å²) < 4.78 is 0. The van der Waals surface area contributed by atoms with Gasteiger partial charge < -0.3 is 5.32 Å². The zero-order valence-corrected chi connectivity index (χ0v) is 7.57. The van der Waals surface area contributed by atoms with Gasteiger partial charge in [-0.1, -0.05) is 0 Å². The van der Waals surface area contributed by atoms with E-state index in [4.69, 9.17) is 0 Å². The van der Waals surface area contributed by atoms with Crippen molar-refractivity contribution >= 4 is 11.9 Å². The maximum atomic E-state index is 11.3. The Labute approximate surface area is 80.5 Å². The van der Waals surface area contributed by atoms with Crippen LogP contribution in [0.15, 0.2) is 18.5 Å². The maximum Gasteiger partial charge on any atom is 0.322 e. The average molecular weight is 191 g/mol. The van der Waals surface area contributed by atoms with E-state index in [1.54, 1.807) is 18.5 Å². The topological polar surface area (TPSA) is 71.1 Å². The molecule has 3 amide bonds. The van der Waals surface area contributed by atoms with Gasteiger partial charge in [0.1, 0.15) is 6.04 Å². The second-order valence-corrected chi connectivity index (χ2v) is 3.13. The van der Waals surface area contributed by atoms with Crippen LogP contribution in [0.1, 0.15) is 17.2 Å². The summed E-state index contributed by atoms with van der Waals surface area (Å²) in [7, 11) is 0. The van der Waals surface area contributed by atoms with Gasteiger partial charge in [0.25, 0.3) is 5.91 Å². The Hall–Kier alpha value is -1.91. The van der Waals surface area contributed by atoms with Crippen LogP contribution in [0.2, 0.25) is 0 Å². The highest BCUT2D eigenvalue weighted by molar-refractivity contribution is 6.04. The van der Waals surface area contributed by atoms with E-state index in [1.165, 1.54) is 0 Å². The lowest BCUT2D eigenvalue weighted by Crippen LogP contribution is -2.22. The molecule has 5 nitrogen and oxygen atoms in total. The molecule has 0 spiro atoms. The number of aryl methyl sites for hydroxylation is 1. The Morgan fingerprint density at radius 3 is 2.79 bits per heavy atom. The average Bonchev–Trinajstić information content (AvgIpc) is 2.46. The molecule has 72 valence electrons. The summed E-state index contributed by atoms with van der Waals surface area (Å²) in [5, 5.41) is 4.72. The van der Waals surface area contributed by atoms with Gasteiger partial charge in [-0.2, -0.15) is 0 Å². The maximum absolute atomic E-state index is 11.3. The van der Waals surface area contributed by atoms with Crippen molar-refractivity contribution in [3.05, 3.63) is 29.6 Å². The van der Waals surface area contributed by atoms with Crippen LogP contribution in [-0.4, -0.2) is 16.9 Å². The number of urea groups is 1. The quantitative estimate of drug-likeness (QED) is 0.626. The Bertz CT molecular complexity index is 403. The summed E-state index contributed by atoms with van der Waals surface area (Å²) >= 11 is 0. The molecule has 1 aliphatic rings. The van der Waals surface area contributed by atoms with E-state index < -0.39 is 12.1 Å². The minimum Gasteiger partial charge on any atom is -0.322 e. The van der Waals surface area contributed by atoms with E-state index in [9.17, 15) is 9.59 Å². The highest BCUT2D eigenvalue weighted by atomic mass is 16.2. The van der Waals surface area contributed by atoms with Crippen molar-refractivity contribution in [2.24, 2.45) is 0 Å². The van der Waals surface area contributed by atoms with Crippen molar-refractivity contribution in [3.8, 4) is 0 Å². The third-order valence-corrected chi connectivity index (χ3v) is 2.15. The summed E-state index contributed by atoms with van der Waals surface area (Å²) in [6.45, 7) is 1.85. The van der Waals surface area contributed by atoms with Gasteiger partial charge in [-0.15, -0.1) is 0 Å². The molecule has 14 heavy (non-hydrogen) atoms. The van der Waals surface area contributed by atoms with Crippen LogP contribution < -0.4 is 10.6 Å². The number of carbonyl (C=O) groups is 2. The molecule has 0 radical (unpaired) electrons. The van der Waals surface area contributed by atoms with Gasteiger partial charge in [0.2, 0.25) is 0 Å². The standard InChI is InChI=1S/C9H9N3O2/c1-5-4-10-3-2-6(5)7-8(13)12-9(14)11-7/h2-4,7H,1H3,(H2,11,12,13,14). The lowest BCUT2D eigenvalue weighted by molar-refractivity contribution is -0.120. The zero-order chi connectivity index (χ0) is 10.1. The fraction of sp³-hybridized carbons (Fsp3) is 0.222. The predicted octanol–water partition coefficient (Wildman–Crippen LogP) is 0.271. The number of nitrogens with zero attached hydrogens (tertiary/aromatic N) is 1. The van der Waals surface area contributed by atoms with E-state index in [2.05, 4.69) is 15.6 Å². The Balaban J connectivity index is 2.36. The molecule has 2 rings (SSSR count). The van der Waals surface area contributed by atoms with E-state index in [0.717, 1.165) is 11.1 Å². The van der Waals surface area contributed by atoms with E-state index in [0.29, 0.717) is 0 Å². The monoisotopic (exact) mass is 191 g/mol. The molecule has 5 heteroatoms. The summed E-state index contributed by atoms with van der Waals surface area (Å²) in [4.78, 5) is 26.1. The molecule has 1 aromatic heterocycles. The smallest absolute Gasteiger partial charge is 0.322 e. The second kappa shape index (κ2) is 3.10.